The highest BCUT2D eigenvalue weighted by atomic mass is 79.9. The molecule has 2 N–H and O–H groups in total. The maximum Gasteiger partial charge on any atom is 0.224 e. The molecule has 0 aliphatic heterocycles. The van der Waals surface area contributed by atoms with Gasteiger partial charge in [-0.15, -0.1) is 0 Å². The van der Waals surface area contributed by atoms with Crippen molar-refractivity contribution in [2.75, 3.05) is 17.2 Å². The summed E-state index contributed by atoms with van der Waals surface area (Å²) in [5.74, 6) is 1.42. The molecule has 6 heteroatoms. The minimum atomic E-state index is 0.142. The van der Waals surface area contributed by atoms with Gasteiger partial charge in [-0.25, -0.2) is 4.98 Å². The van der Waals surface area contributed by atoms with Gasteiger partial charge in [0.05, 0.1) is 10.5 Å². The third-order valence-electron chi connectivity index (χ3n) is 2.84. The molecule has 1 unspecified atom stereocenters. The Balaban J connectivity index is 2.11. The van der Waals surface area contributed by atoms with Gasteiger partial charge in [0, 0.05) is 25.1 Å². The molecule has 1 atom stereocenters. The first-order valence-electron chi connectivity index (χ1n) is 6.63. The number of nitrogens with zero attached hydrogens (tertiary/aromatic N) is 3. The summed E-state index contributed by atoms with van der Waals surface area (Å²) in [5.41, 5.74) is 1.16. The summed E-state index contributed by atoms with van der Waals surface area (Å²) in [6, 6.07) is 4.12. The van der Waals surface area contributed by atoms with E-state index < -0.39 is 0 Å². The fourth-order valence-electron chi connectivity index (χ4n) is 1.73. The molecule has 2 aromatic rings. The molecular formula is C14H18BrN5. The van der Waals surface area contributed by atoms with E-state index in [2.05, 4.69) is 55.4 Å². The van der Waals surface area contributed by atoms with Crippen molar-refractivity contribution in [3.05, 3.63) is 40.8 Å². The number of aromatic nitrogens is 3. The van der Waals surface area contributed by atoms with Crippen molar-refractivity contribution in [2.45, 2.75) is 26.3 Å². The van der Waals surface area contributed by atoms with E-state index in [-0.39, 0.29) is 6.04 Å². The first-order valence-corrected chi connectivity index (χ1v) is 7.43. The number of hydrogen-bond acceptors (Lipinski definition) is 5. The lowest BCUT2D eigenvalue weighted by Gasteiger charge is -2.16. The van der Waals surface area contributed by atoms with E-state index in [9.17, 15) is 0 Å². The zero-order valence-electron chi connectivity index (χ0n) is 11.6. The van der Waals surface area contributed by atoms with Gasteiger partial charge in [-0.1, -0.05) is 6.92 Å². The van der Waals surface area contributed by atoms with E-state index in [1.54, 1.807) is 18.6 Å². The van der Waals surface area contributed by atoms with E-state index in [1.165, 1.54) is 0 Å². The van der Waals surface area contributed by atoms with Gasteiger partial charge >= 0.3 is 0 Å². The van der Waals surface area contributed by atoms with Gasteiger partial charge in [-0.2, -0.15) is 4.98 Å². The Morgan fingerprint density at radius 2 is 2.05 bits per heavy atom. The summed E-state index contributed by atoms with van der Waals surface area (Å²) in [6.07, 6.45) is 6.37. The Morgan fingerprint density at radius 1 is 1.30 bits per heavy atom. The zero-order chi connectivity index (χ0) is 14.4. The summed E-state index contributed by atoms with van der Waals surface area (Å²) < 4.78 is 0.848. The molecule has 20 heavy (non-hydrogen) atoms. The minimum Gasteiger partial charge on any atom is -0.362 e. The fraction of sp³-hybridized carbons (Fsp3) is 0.357. The van der Waals surface area contributed by atoms with Gasteiger partial charge in [0.25, 0.3) is 0 Å². The van der Waals surface area contributed by atoms with Crippen LogP contribution in [-0.2, 0) is 0 Å². The second-order valence-corrected chi connectivity index (χ2v) is 5.32. The maximum atomic E-state index is 4.48. The molecule has 2 aromatic heterocycles. The normalized spacial score (nSPS) is 11.9. The molecule has 5 nitrogen and oxygen atoms in total. The number of rotatable bonds is 6. The van der Waals surface area contributed by atoms with Crippen molar-refractivity contribution < 1.29 is 0 Å². The number of halogens is 1. The van der Waals surface area contributed by atoms with Crippen LogP contribution < -0.4 is 10.6 Å². The van der Waals surface area contributed by atoms with Crippen LogP contribution in [0.5, 0.6) is 0 Å². The zero-order valence-corrected chi connectivity index (χ0v) is 13.2. The van der Waals surface area contributed by atoms with Crippen LogP contribution in [0.1, 0.15) is 31.9 Å². The highest BCUT2D eigenvalue weighted by molar-refractivity contribution is 9.10. The Labute approximate surface area is 127 Å². The molecule has 0 saturated heterocycles. The standard InChI is InChI=1S/C14H18BrN5/c1-3-6-17-14-18-9-12(15)13(20-14)19-10(2)11-4-7-16-8-5-11/h4-5,7-10H,3,6H2,1-2H3,(H2,17,18,19,20). The molecule has 106 valence electrons. The van der Waals surface area contributed by atoms with E-state index in [1.807, 2.05) is 12.1 Å². The second kappa shape index (κ2) is 7.19. The van der Waals surface area contributed by atoms with Crippen LogP contribution in [0.2, 0.25) is 0 Å². The highest BCUT2D eigenvalue weighted by Gasteiger charge is 2.10. The molecule has 0 aromatic carbocycles. The fourth-order valence-corrected chi connectivity index (χ4v) is 2.04. The van der Waals surface area contributed by atoms with Gasteiger partial charge in [-0.3, -0.25) is 4.98 Å². The van der Waals surface area contributed by atoms with Crippen LogP contribution in [0, 0.1) is 0 Å². The predicted molar refractivity (Wildman–Crippen MR) is 84.8 cm³/mol. The van der Waals surface area contributed by atoms with Gasteiger partial charge in [0.15, 0.2) is 0 Å². The van der Waals surface area contributed by atoms with E-state index in [0.717, 1.165) is 28.8 Å². The number of anilines is 2. The smallest absolute Gasteiger partial charge is 0.224 e. The topological polar surface area (TPSA) is 62.7 Å². The Kier molecular flexibility index (Phi) is 5.29. The molecular weight excluding hydrogens is 318 g/mol. The van der Waals surface area contributed by atoms with Crippen molar-refractivity contribution in [3.8, 4) is 0 Å². The monoisotopic (exact) mass is 335 g/mol. The number of pyridine rings is 1. The molecule has 2 heterocycles. The van der Waals surface area contributed by atoms with Gasteiger partial charge in [0.2, 0.25) is 5.95 Å². The lowest BCUT2D eigenvalue weighted by atomic mass is 10.1. The van der Waals surface area contributed by atoms with Crippen molar-refractivity contribution in [2.24, 2.45) is 0 Å². The molecule has 0 radical (unpaired) electrons. The molecule has 0 fully saturated rings. The van der Waals surface area contributed by atoms with Gasteiger partial charge in [0.1, 0.15) is 5.82 Å². The van der Waals surface area contributed by atoms with E-state index in [4.69, 9.17) is 0 Å². The van der Waals surface area contributed by atoms with Crippen LogP contribution in [0.15, 0.2) is 35.2 Å². The lowest BCUT2D eigenvalue weighted by molar-refractivity contribution is 0.864. The average molecular weight is 336 g/mol. The highest BCUT2D eigenvalue weighted by Crippen LogP contribution is 2.24. The van der Waals surface area contributed by atoms with Crippen LogP contribution >= 0.6 is 15.9 Å². The Hall–Kier alpha value is -1.69. The minimum absolute atomic E-state index is 0.142. The summed E-state index contributed by atoms with van der Waals surface area (Å²) in [4.78, 5) is 12.7. The molecule has 0 aliphatic carbocycles. The predicted octanol–water partition coefficient (Wildman–Crippen LogP) is 3.63. The van der Waals surface area contributed by atoms with Crippen molar-refractivity contribution in [3.63, 3.8) is 0 Å². The molecule has 0 aliphatic rings. The maximum absolute atomic E-state index is 4.48. The molecule has 0 amide bonds. The summed E-state index contributed by atoms with van der Waals surface area (Å²) >= 11 is 3.47. The van der Waals surface area contributed by atoms with Gasteiger partial charge in [-0.05, 0) is 47.0 Å². The third kappa shape index (κ3) is 3.90. The van der Waals surface area contributed by atoms with E-state index in [0.29, 0.717) is 5.95 Å². The van der Waals surface area contributed by atoms with Gasteiger partial charge < -0.3 is 10.6 Å². The molecule has 0 bridgehead atoms. The average Bonchev–Trinajstić information content (AvgIpc) is 2.49. The quantitative estimate of drug-likeness (QED) is 0.843. The molecule has 0 saturated carbocycles. The number of nitrogens with one attached hydrogen (secondary N) is 2. The SMILES string of the molecule is CCCNc1ncc(Br)c(NC(C)c2ccncc2)n1. The van der Waals surface area contributed by atoms with Crippen molar-refractivity contribution >= 4 is 27.7 Å². The second-order valence-electron chi connectivity index (χ2n) is 4.46. The van der Waals surface area contributed by atoms with Crippen LogP contribution in [0.4, 0.5) is 11.8 Å². The van der Waals surface area contributed by atoms with Crippen molar-refractivity contribution in [1.29, 1.82) is 0 Å². The largest absolute Gasteiger partial charge is 0.362 e. The third-order valence-corrected chi connectivity index (χ3v) is 3.42. The Morgan fingerprint density at radius 3 is 2.75 bits per heavy atom. The molecule has 0 spiro atoms. The first kappa shape index (κ1) is 14.7. The van der Waals surface area contributed by atoms with Crippen molar-refractivity contribution in [1.82, 2.24) is 15.0 Å². The lowest BCUT2D eigenvalue weighted by Crippen LogP contribution is -2.11. The number of hydrogen-bond donors (Lipinski definition) is 2. The molecule has 2 rings (SSSR count). The van der Waals surface area contributed by atoms with Crippen LogP contribution in [-0.4, -0.2) is 21.5 Å². The van der Waals surface area contributed by atoms with Crippen LogP contribution in [0.3, 0.4) is 0 Å². The Bertz CT molecular complexity index is 547. The summed E-state index contributed by atoms with van der Waals surface area (Å²) in [6.45, 7) is 5.06. The van der Waals surface area contributed by atoms with E-state index >= 15 is 0 Å². The summed E-state index contributed by atoms with van der Waals surface area (Å²) in [7, 11) is 0. The first-order chi connectivity index (χ1) is 9.70. The summed E-state index contributed by atoms with van der Waals surface area (Å²) in [5, 5.41) is 6.56. The van der Waals surface area contributed by atoms with Crippen LogP contribution in [0.25, 0.3) is 0 Å².